The maximum atomic E-state index is 13.1. The summed E-state index contributed by atoms with van der Waals surface area (Å²) in [6, 6.07) is 12.5. The minimum Gasteiger partial charge on any atom is -0.322 e. The molecule has 2 amide bonds. The topological polar surface area (TPSA) is 91.0 Å². The van der Waals surface area contributed by atoms with Gasteiger partial charge in [0.25, 0.3) is 11.8 Å². The third-order valence-corrected chi connectivity index (χ3v) is 4.82. The number of halogens is 3. The number of nitrogens with zero attached hydrogens (tertiary/aromatic N) is 4. The number of hydrogen-bond donors (Lipinski definition) is 1. The highest BCUT2D eigenvalue weighted by atomic mass is 19.4. The van der Waals surface area contributed by atoms with Crippen LogP contribution in [0.25, 0.3) is 0 Å². The van der Waals surface area contributed by atoms with E-state index in [2.05, 4.69) is 10.4 Å². The molecule has 0 spiro atoms. The van der Waals surface area contributed by atoms with Gasteiger partial charge in [0.2, 0.25) is 0 Å². The minimum atomic E-state index is -4.48. The lowest BCUT2D eigenvalue weighted by atomic mass is 10.1. The Hall–Kier alpha value is -4.13. The number of nitrogens with one attached hydrogen (secondary N) is 1. The number of fused-ring (bicyclic) bond motifs is 1. The number of benzene rings is 2. The monoisotopic (exact) mass is 425 g/mol. The van der Waals surface area contributed by atoms with E-state index in [1.54, 1.807) is 18.2 Å². The predicted octanol–water partition coefficient (Wildman–Crippen LogP) is 3.69. The van der Waals surface area contributed by atoms with E-state index in [0.717, 1.165) is 12.1 Å². The van der Waals surface area contributed by atoms with Gasteiger partial charge in [-0.25, -0.2) is 0 Å². The van der Waals surface area contributed by atoms with E-state index >= 15 is 0 Å². The van der Waals surface area contributed by atoms with Crippen LogP contribution in [0.3, 0.4) is 0 Å². The van der Waals surface area contributed by atoms with Gasteiger partial charge in [0.05, 0.1) is 35.5 Å². The first-order valence-corrected chi connectivity index (χ1v) is 9.14. The van der Waals surface area contributed by atoms with Crippen molar-refractivity contribution in [1.82, 2.24) is 9.78 Å². The number of carbonyl (C=O) groups is 2. The molecule has 156 valence electrons. The van der Waals surface area contributed by atoms with Gasteiger partial charge >= 0.3 is 6.18 Å². The van der Waals surface area contributed by atoms with Crippen LogP contribution in [-0.2, 0) is 12.7 Å². The molecule has 2 heterocycles. The Bertz CT molecular complexity index is 1210. The Morgan fingerprint density at radius 3 is 2.55 bits per heavy atom. The van der Waals surface area contributed by atoms with Gasteiger partial charge in [-0.15, -0.1) is 0 Å². The van der Waals surface area contributed by atoms with Crippen molar-refractivity contribution < 1.29 is 22.8 Å². The quantitative estimate of drug-likeness (QED) is 0.693. The van der Waals surface area contributed by atoms with Crippen LogP contribution in [0.15, 0.2) is 54.7 Å². The molecule has 1 aliphatic rings. The summed E-state index contributed by atoms with van der Waals surface area (Å²) >= 11 is 0. The first-order valence-electron chi connectivity index (χ1n) is 9.14. The molecule has 0 radical (unpaired) electrons. The van der Waals surface area contributed by atoms with E-state index in [4.69, 9.17) is 5.26 Å². The Morgan fingerprint density at radius 1 is 1.13 bits per heavy atom. The van der Waals surface area contributed by atoms with Gasteiger partial charge in [-0.1, -0.05) is 6.07 Å². The standard InChI is InChI=1S/C21H14F3N5O2/c22-21(23,24)14-4-6-16(7-5-14)28-8-9-29-18(20(28)31)17(12-26-29)19(30)27-15-3-1-2-13(10-15)11-25/h1-7,10,12H,8-9H2,(H,27,30). The smallest absolute Gasteiger partial charge is 0.322 e. The van der Waals surface area contributed by atoms with Crippen molar-refractivity contribution in [2.45, 2.75) is 12.7 Å². The number of carbonyl (C=O) groups excluding carboxylic acids is 2. The molecule has 31 heavy (non-hydrogen) atoms. The Morgan fingerprint density at radius 2 is 1.87 bits per heavy atom. The molecule has 1 aromatic heterocycles. The predicted molar refractivity (Wildman–Crippen MR) is 104 cm³/mol. The highest BCUT2D eigenvalue weighted by Crippen LogP contribution is 2.31. The average molecular weight is 425 g/mol. The number of rotatable bonds is 3. The SMILES string of the molecule is N#Cc1cccc(NC(=O)c2cnn3c2C(=O)N(c2ccc(C(F)(F)F)cc2)CC3)c1. The average Bonchev–Trinajstić information content (AvgIpc) is 3.19. The van der Waals surface area contributed by atoms with Gasteiger partial charge in [-0.3, -0.25) is 14.3 Å². The lowest BCUT2D eigenvalue weighted by molar-refractivity contribution is -0.137. The van der Waals surface area contributed by atoms with Crippen LogP contribution in [0, 0.1) is 11.3 Å². The fraction of sp³-hybridized carbons (Fsp3) is 0.143. The maximum absolute atomic E-state index is 13.1. The Kier molecular flexibility index (Phi) is 4.94. The molecule has 0 unspecified atom stereocenters. The van der Waals surface area contributed by atoms with Crippen LogP contribution in [0.4, 0.5) is 24.5 Å². The van der Waals surface area contributed by atoms with E-state index in [1.165, 1.54) is 34.0 Å². The molecular formula is C21H14F3N5O2. The molecule has 0 bridgehead atoms. The fourth-order valence-corrected chi connectivity index (χ4v) is 3.31. The van der Waals surface area contributed by atoms with Crippen molar-refractivity contribution in [1.29, 1.82) is 5.26 Å². The van der Waals surface area contributed by atoms with Gasteiger partial charge in [-0.05, 0) is 42.5 Å². The Balaban J connectivity index is 1.60. The number of amides is 2. The molecule has 1 N–H and O–H groups in total. The summed E-state index contributed by atoms with van der Waals surface area (Å²) in [4.78, 5) is 27.1. The molecule has 0 atom stereocenters. The van der Waals surface area contributed by atoms with Crippen LogP contribution < -0.4 is 10.2 Å². The molecule has 4 rings (SSSR count). The largest absolute Gasteiger partial charge is 0.416 e. The number of alkyl halides is 3. The second kappa shape index (κ2) is 7.60. The lowest BCUT2D eigenvalue weighted by Crippen LogP contribution is -2.41. The molecule has 2 aromatic carbocycles. The molecule has 0 aliphatic carbocycles. The first kappa shape index (κ1) is 20.2. The molecular weight excluding hydrogens is 411 g/mol. The van der Waals surface area contributed by atoms with Crippen LogP contribution in [0.1, 0.15) is 32.0 Å². The summed E-state index contributed by atoms with van der Waals surface area (Å²) < 4.78 is 39.8. The van der Waals surface area contributed by atoms with Crippen molar-refractivity contribution in [3.05, 3.63) is 77.1 Å². The van der Waals surface area contributed by atoms with E-state index < -0.39 is 23.6 Å². The normalized spacial score (nSPS) is 13.5. The number of nitriles is 1. The van der Waals surface area contributed by atoms with Crippen LogP contribution in [-0.4, -0.2) is 28.1 Å². The Labute approximate surface area is 174 Å². The molecule has 0 saturated carbocycles. The molecule has 1 aliphatic heterocycles. The van der Waals surface area contributed by atoms with Gasteiger partial charge in [0.1, 0.15) is 5.69 Å². The van der Waals surface area contributed by atoms with Crippen LogP contribution >= 0.6 is 0 Å². The van der Waals surface area contributed by atoms with Crippen molar-refractivity contribution in [2.24, 2.45) is 0 Å². The van der Waals surface area contributed by atoms with Gasteiger partial charge < -0.3 is 10.2 Å². The summed E-state index contributed by atoms with van der Waals surface area (Å²) in [7, 11) is 0. The minimum absolute atomic E-state index is 0.0315. The highest BCUT2D eigenvalue weighted by molar-refractivity contribution is 6.15. The number of hydrogen-bond acceptors (Lipinski definition) is 4. The van der Waals surface area contributed by atoms with E-state index in [-0.39, 0.29) is 24.3 Å². The number of aromatic nitrogens is 2. The zero-order valence-electron chi connectivity index (χ0n) is 15.8. The summed E-state index contributed by atoms with van der Waals surface area (Å²) in [5.74, 6) is -1.13. The zero-order valence-corrected chi connectivity index (χ0v) is 15.8. The molecule has 7 nitrogen and oxygen atoms in total. The second-order valence-electron chi connectivity index (χ2n) is 6.78. The van der Waals surface area contributed by atoms with Crippen molar-refractivity contribution >= 4 is 23.2 Å². The van der Waals surface area contributed by atoms with E-state index in [1.807, 2.05) is 6.07 Å². The first-order chi connectivity index (χ1) is 14.8. The molecule has 0 saturated heterocycles. The van der Waals surface area contributed by atoms with Gasteiger partial charge in [0, 0.05) is 17.9 Å². The highest BCUT2D eigenvalue weighted by Gasteiger charge is 2.33. The lowest BCUT2D eigenvalue weighted by Gasteiger charge is -2.28. The second-order valence-corrected chi connectivity index (χ2v) is 6.78. The fourth-order valence-electron chi connectivity index (χ4n) is 3.31. The molecule has 3 aromatic rings. The van der Waals surface area contributed by atoms with Crippen molar-refractivity contribution in [3.63, 3.8) is 0 Å². The number of anilines is 2. The summed E-state index contributed by atoms with van der Waals surface area (Å²) in [6.07, 6.45) is -3.20. The third-order valence-electron chi connectivity index (χ3n) is 4.82. The van der Waals surface area contributed by atoms with Gasteiger partial charge in [0.15, 0.2) is 0 Å². The van der Waals surface area contributed by atoms with Crippen molar-refractivity contribution in [3.8, 4) is 6.07 Å². The summed E-state index contributed by atoms with van der Waals surface area (Å²) in [6.45, 7) is 0.476. The van der Waals surface area contributed by atoms with Crippen LogP contribution in [0.5, 0.6) is 0 Å². The van der Waals surface area contributed by atoms with Crippen LogP contribution in [0.2, 0.25) is 0 Å². The van der Waals surface area contributed by atoms with E-state index in [9.17, 15) is 22.8 Å². The molecule has 10 heteroatoms. The molecule has 0 fully saturated rings. The van der Waals surface area contributed by atoms with Gasteiger partial charge in [-0.2, -0.15) is 23.5 Å². The zero-order chi connectivity index (χ0) is 22.2. The summed E-state index contributed by atoms with van der Waals surface area (Å²) in [5, 5.41) is 15.7. The van der Waals surface area contributed by atoms with E-state index in [0.29, 0.717) is 16.9 Å². The van der Waals surface area contributed by atoms with Crippen molar-refractivity contribution in [2.75, 3.05) is 16.8 Å². The maximum Gasteiger partial charge on any atom is 0.416 e. The summed E-state index contributed by atoms with van der Waals surface area (Å²) in [5.41, 5.74) is 0.291. The third kappa shape index (κ3) is 3.85.